The number of ether oxygens (including phenoxy) is 2. The summed E-state index contributed by atoms with van der Waals surface area (Å²) in [6, 6.07) is 14.3. The number of para-hydroxylation sites is 3. The van der Waals surface area contributed by atoms with E-state index in [1.165, 1.54) is 24.4 Å². The van der Waals surface area contributed by atoms with E-state index in [0.717, 1.165) is 11.8 Å². The molecule has 0 saturated carbocycles. The Morgan fingerprint density at radius 1 is 1.04 bits per heavy atom. The van der Waals surface area contributed by atoms with E-state index in [0.29, 0.717) is 5.69 Å². The maximum atomic E-state index is 12.4. The van der Waals surface area contributed by atoms with Crippen LogP contribution in [0.4, 0.5) is 23.7 Å². The van der Waals surface area contributed by atoms with E-state index in [1.54, 1.807) is 11.6 Å². The standard InChI is InChI=1S/C18H14F3N3O3/c1-12-16(11-22-24(12)13-7-3-2-4-8-13)26-17(25)23-14-9-5-6-10-15(14)27-18(19,20)21/h2-11H,1H3,(H,23,25). The van der Waals surface area contributed by atoms with E-state index in [-0.39, 0.29) is 11.4 Å². The summed E-state index contributed by atoms with van der Waals surface area (Å²) >= 11 is 0. The third-order valence-electron chi connectivity index (χ3n) is 3.52. The molecule has 0 bridgehead atoms. The fourth-order valence-electron chi connectivity index (χ4n) is 2.34. The second-order valence-electron chi connectivity index (χ2n) is 5.40. The number of nitrogens with zero attached hydrogens (tertiary/aromatic N) is 2. The van der Waals surface area contributed by atoms with Crippen molar-refractivity contribution in [3.05, 3.63) is 66.5 Å². The highest BCUT2D eigenvalue weighted by molar-refractivity contribution is 5.88. The number of rotatable bonds is 4. The molecular formula is C18H14F3N3O3. The van der Waals surface area contributed by atoms with E-state index in [1.807, 2.05) is 30.3 Å². The second-order valence-corrected chi connectivity index (χ2v) is 5.40. The quantitative estimate of drug-likeness (QED) is 0.716. The molecule has 2 aromatic carbocycles. The smallest absolute Gasteiger partial charge is 0.406 e. The summed E-state index contributed by atoms with van der Waals surface area (Å²) in [6.07, 6.45) is -4.50. The predicted molar refractivity (Wildman–Crippen MR) is 91.1 cm³/mol. The van der Waals surface area contributed by atoms with Crippen molar-refractivity contribution in [2.24, 2.45) is 0 Å². The molecule has 9 heteroatoms. The molecule has 0 radical (unpaired) electrons. The van der Waals surface area contributed by atoms with Gasteiger partial charge >= 0.3 is 12.5 Å². The van der Waals surface area contributed by atoms with Gasteiger partial charge in [-0.25, -0.2) is 9.48 Å². The Hall–Kier alpha value is -3.49. The molecule has 1 heterocycles. The Labute approximate surface area is 152 Å². The number of carbonyl (C=O) groups excluding carboxylic acids is 1. The van der Waals surface area contributed by atoms with E-state index < -0.39 is 18.2 Å². The van der Waals surface area contributed by atoms with Gasteiger partial charge in [0.1, 0.15) is 0 Å². The zero-order chi connectivity index (χ0) is 19.4. The first-order valence-corrected chi connectivity index (χ1v) is 7.77. The van der Waals surface area contributed by atoms with Crippen molar-refractivity contribution in [2.45, 2.75) is 13.3 Å². The minimum Gasteiger partial charge on any atom is -0.406 e. The van der Waals surface area contributed by atoms with Gasteiger partial charge in [-0.3, -0.25) is 5.32 Å². The van der Waals surface area contributed by atoms with Crippen LogP contribution in [0.1, 0.15) is 5.69 Å². The number of nitrogens with one attached hydrogen (secondary N) is 1. The van der Waals surface area contributed by atoms with Gasteiger partial charge < -0.3 is 9.47 Å². The summed E-state index contributed by atoms with van der Waals surface area (Å²) in [4.78, 5) is 12.1. The van der Waals surface area contributed by atoms with Gasteiger partial charge in [-0.1, -0.05) is 30.3 Å². The molecule has 0 atom stereocenters. The monoisotopic (exact) mass is 377 g/mol. The zero-order valence-electron chi connectivity index (χ0n) is 14.0. The average Bonchev–Trinajstić information content (AvgIpc) is 2.97. The van der Waals surface area contributed by atoms with E-state index in [4.69, 9.17) is 4.74 Å². The first kappa shape index (κ1) is 18.3. The summed E-state index contributed by atoms with van der Waals surface area (Å²) in [5.41, 5.74) is 1.15. The molecule has 27 heavy (non-hydrogen) atoms. The molecule has 140 valence electrons. The summed E-state index contributed by atoms with van der Waals surface area (Å²) in [6.45, 7) is 1.70. The average molecular weight is 377 g/mol. The van der Waals surface area contributed by atoms with Crippen LogP contribution in [0.25, 0.3) is 5.69 Å². The molecule has 0 aliphatic heterocycles. The highest BCUT2D eigenvalue weighted by Crippen LogP contribution is 2.30. The zero-order valence-corrected chi connectivity index (χ0v) is 14.0. The second kappa shape index (κ2) is 7.40. The number of amides is 1. The molecule has 0 saturated heterocycles. The van der Waals surface area contributed by atoms with Gasteiger partial charge in [-0.15, -0.1) is 13.2 Å². The van der Waals surface area contributed by atoms with Crippen LogP contribution in [0.5, 0.6) is 11.5 Å². The van der Waals surface area contributed by atoms with E-state index in [9.17, 15) is 18.0 Å². The molecule has 6 nitrogen and oxygen atoms in total. The molecule has 0 unspecified atom stereocenters. The number of hydrogen-bond donors (Lipinski definition) is 1. The lowest BCUT2D eigenvalue weighted by molar-refractivity contribution is -0.274. The van der Waals surface area contributed by atoms with Gasteiger partial charge in [-0.2, -0.15) is 5.10 Å². The van der Waals surface area contributed by atoms with Crippen molar-refractivity contribution in [1.82, 2.24) is 9.78 Å². The molecule has 3 rings (SSSR count). The van der Waals surface area contributed by atoms with Crippen LogP contribution in [0.2, 0.25) is 0 Å². The van der Waals surface area contributed by atoms with Gasteiger partial charge in [0.2, 0.25) is 0 Å². The molecule has 1 aromatic heterocycles. The van der Waals surface area contributed by atoms with Gasteiger partial charge in [0, 0.05) is 0 Å². The maximum Gasteiger partial charge on any atom is 0.573 e. The Balaban J connectivity index is 1.74. The number of benzene rings is 2. The first-order chi connectivity index (χ1) is 12.8. The predicted octanol–water partition coefficient (Wildman–Crippen LogP) is 4.69. The van der Waals surface area contributed by atoms with Crippen molar-refractivity contribution in [2.75, 3.05) is 5.32 Å². The van der Waals surface area contributed by atoms with Crippen LogP contribution in [0.15, 0.2) is 60.8 Å². The Kier molecular flexibility index (Phi) is 5.02. The van der Waals surface area contributed by atoms with Crippen molar-refractivity contribution in [1.29, 1.82) is 0 Å². The lowest BCUT2D eigenvalue weighted by Crippen LogP contribution is -2.21. The summed E-state index contributed by atoms with van der Waals surface area (Å²) in [5.74, 6) is -0.371. The molecule has 1 amide bonds. The Morgan fingerprint density at radius 2 is 1.70 bits per heavy atom. The van der Waals surface area contributed by atoms with Crippen LogP contribution in [-0.4, -0.2) is 22.2 Å². The maximum absolute atomic E-state index is 12.4. The number of aromatic nitrogens is 2. The van der Waals surface area contributed by atoms with Crippen LogP contribution < -0.4 is 14.8 Å². The number of anilines is 1. The minimum atomic E-state index is -4.88. The third-order valence-corrected chi connectivity index (χ3v) is 3.52. The molecule has 3 aromatic rings. The van der Waals surface area contributed by atoms with Crippen LogP contribution in [0.3, 0.4) is 0 Å². The fraction of sp³-hybridized carbons (Fsp3) is 0.111. The number of alkyl halides is 3. The molecule has 0 aliphatic carbocycles. The topological polar surface area (TPSA) is 65.4 Å². The number of halogens is 3. The Morgan fingerprint density at radius 3 is 2.41 bits per heavy atom. The van der Waals surface area contributed by atoms with E-state index in [2.05, 4.69) is 15.2 Å². The highest BCUT2D eigenvalue weighted by atomic mass is 19.4. The highest BCUT2D eigenvalue weighted by Gasteiger charge is 2.32. The lowest BCUT2D eigenvalue weighted by atomic mass is 10.3. The summed E-state index contributed by atoms with van der Waals surface area (Å²) < 4.78 is 48.0. The minimum absolute atomic E-state index is 0.172. The van der Waals surface area contributed by atoms with Gasteiger partial charge in [0.15, 0.2) is 11.5 Å². The molecule has 0 aliphatic rings. The fourth-order valence-corrected chi connectivity index (χ4v) is 2.34. The van der Waals surface area contributed by atoms with E-state index >= 15 is 0 Å². The summed E-state index contributed by atoms with van der Waals surface area (Å²) in [7, 11) is 0. The summed E-state index contributed by atoms with van der Waals surface area (Å²) in [5, 5.41) is 6.38. The Bertz CT molecular complexity index is 940. The largest absolute Gasteiger partial charge is 0.573 e. The molecular weight excluding hydrogens is 363 g/mol. The van der Waals surface area contributed by atoms with Gasteiger partial charge in [0.05, 0.1) is 23.3 Å². The van der Waals surface area contributed by atoms with Gasteiger partial charge in [0.25, 0.3) is 0 Å². The van der Waals surface area contributed by atoms with Crippen LogP contribution in [0, 0.1) is 6.92 Å². The van der Waals surface area contributed by atoms with Crippen LogP contribution >= 0.6 is 0 Å². The first-order valence-electron chi connectivity index (χ1n) is 7.77. The van der Waals surface area contributed by atoms with Crippen molar-refractivity contribution in [3.63, 3.8) is 0 Å². The normalized spacial score (nSPS) is 11.1. The molecule has 0 spiro atoms. The van der Waals surface area contributed by atoms with Crippen LogP contribution in [-0.2, 0) is 0 Å². The molecule has 1 N–H and O–H groups in total. The number of carbonyl (C=O) groups is 1. The van der Waals surface area contributed by atoms with Crippen molar-refractivity contribution in [3.8, 4) is 17.2 Å². The van der Waals surface area contributed by atoms with Gasteiger partial charge in [-0.05, 0) is 31.2 Å². The number of hydrogen-bond acceptors (Lipinski definition) is 4. The van der Waals surface area contributed by atoms with Crippen molar-refractivity contribution >= 4 is 11.8 Å². The lowest BCUT2D eigenvalue weighted by Gasteiger charge is -2.13. The van der Waals surface area contributed by atoms with Crippen molar-refractivity contribution < 1.29 is 27.4 Å². The molecule has 0 fully saturated rings. The SMILES string of the molecule is Cc1c(OC(=O)Nc2ccccc2OC(F)(F)F)cnn1-c1ccccc1. The third kappa shape index (κ3) is 4.57.